The fourth-order valence-corrected chi connectivity index (χ4v) is 2.06. The second-order valence-corrected chi connectivity index (χ2v) is 6.19. The summed E-state index contributed by atoms with van der Waals surface area (Å²) in [6.45, 7) is 7.03. The Morgan fingerprint density at radius 1 is 1.25 bits per heavy atom. The van der Waals surface area contributed by atoms with Gasteiger partial charge in [-0.3, -0.25) is 4.79 Å². The van der Waals surface area contributed by atoms with Gasteiger partial charge in [0.1, 0.15) is 5.60 Å². The van der Waals surface area contributed by atoms with Crippen molar-refractivity contribution in [2.45, 2.75) is 71.4 Å². The minimum Gasteiger partial charge on any atom is -0.443 e. The molecule has 114 valence electrons. The molecule has 1 aliphatic carbocycles. The summed E-state index contributed by atoms with van der Waals surface area (Å²) in [7, 11) is 0. The van der Waals surface area contributed by atoms with Gasteiger partial charge in [-0.25, -0.2) is 10.2 Å². The predicted molar refractivity (Wildman–Crippen MR) is 77.5 cm³/mol. The van der Waals surface area contributed by atoms with Crippen LogP contribution in [-0.4, -0.2) is 29.4 Å². The molecule has 6 nitrogen and oxygen atoms in total. The maximum atomic E-state index is 11.7. The van der Waals surface area contributed by atoms with E-state index in [-0.39, 0.29) is 12.3 Å². The van der Waals surface area contributed by atoms with Gasteiger partial charge in [0, 0.05) is 11.8 Å². The van der Waals surface area contributed by atoms with E-state index < -0.39 is 11.7 Å². The van der Waals surface area contributed by atoms with Crippen molar-refractivity contribution in [1.29, 1.82) is 0 Å². The molecule has 0 unspecified atom stereocenters. The molecule has 20 heavy (non-hydrogen) atoms. The lowest BCUT2D eigenvalue weighted by atomic mass is 10.2. The number of carbonyl (C=O) groups is 2. The van der Waals surface area contributed by atoms with E-state index in [2.05, 4.69) is 15.8 Å². The Kier molecular flexibility index (Phi) is 5.98. The van der Waals surface area contributed by atoms with Crippen LogP contribution < -0.4 is 10.7 Å². The SMILES string of the molecule is CC(CC(=O)NC1CCCC1)=NNC(=O)OC(C)(C)C. The van der Waals surface area contributed by atoms with Crippen LogP contribution in [-0.2, 0) is 9.53 Å². The van der Waals surface area contributed by atoms with Crippen LogP contribution in [0.5, 0.6) is 0 Å². The Balaban J connectivity index is 2.29. The topological polar surface area (TPSA) is 79.8 Å². The first-order chi connectivity index (χ1) is 9.26. The first-order valence-electron chi connectivity index (χ1n) is 7.08. The molecule has 0 aliphatic heterocycles. The quantitative estimate of drug-likeness (QED) is 0.614. The fraction of sp³-hybridized carbons (Fsp3) is 0.786. The molecule has 0 radical (unpaired) electrons. The zero-order chi connectivity index (χ0) is 15.2. The molecule has 0 aromatic heterocycles. The van der Waals surface area contributed by atoms with Crippen molar-refractivity contribution < 1.29 is 14.3 Å². The molecule has 1 saturated carbocycles. The second-order valence-electron chi connectivity index (χ2n) is 6.19. The molecule has 0 heterocycles. The first-order valence-corrected chi connectivity index (χ1v) is 7.08. The van der Waals surface area contributed by atoms with E-state index in [1.54, 1.807) is 27.7 Å². The minimum absolute atomic E-state index is 0.0517. The van der Waals surface area contributed by atoms with Gasteiger partial charge in [-0.15, -0.1) is 0 Å². The highest BCUT2D eigenvalue weighted by atomic mass is 16.6. The molecule has 0 saturated heterocycles. The molecule has 0 atom stereocenters. The molecule has 6 heteroatoms. The molecular weight excluding hydrogens is 258 g/mol. The number of hydrogen-bond donors (Lipinski definition) is 2. The lowest BCUT2D eigenvalue weighted by Crippen LogP contribution is -2.34. The van der Waals surface area contributed by atoms with Crippen LogP contribution in [0, 0.1) is 0 Å². The van der Waals surface area contributed by atoms with Crippen LogP contribution >= 0.6 is 0 Å². The number of rotatable bonds is 4. The van der Waals surface area contributed by atoms with Gasteiger partial charge >= 0.3 is 6.09 Å². The van der Waals surface area contributed by atoms with E-state index in [4.69, 9.17) is 4.74 Å². The Morgan fingerprint density at radius 2 is 1.85 bits per heavy atom. The van der Waals surface area contributed by atoms with Crippen LogP contribution in [0.3, 0.4) is 0 Å². The van der Waals surface area contributed by atoms with E-state index in [0.717, 1.165) is 12.8 Å². The van der Waals surface area contributed by atoms with Crippen molar-refractivity contribution >= 4 is 17.7 Å². The molecular formula is C14H25N3O3. The number of hydrogen-bond acceptors (Lipinski definition) is 4. The van der Waals surface area contributed by atoms with Crippen molar-refractivity contribution in [2.75, 3.05) is 0 Å². The summed E-state index contributed by atoms with van der Waals surface area (Å²) >= 11 is 0. The van der Waals surface area contributed by atoms with E-state index in [9.17, 15) is 9.59 Å². The molecule has 0 bridgehead atoms. The van der Waals surface area contributed by atoms with Crippen molar-refractivity contribution in [3.63, 3.8) is 0 Å². The average Bonchev–Trinajstić information content (AvgIpc) is 2.76. The van der Waals surface area contributed by atoms with E-state index in [1.807, 2.05) is 0 Å². The average molecular weight is 283 g/mol. The summed E-state index contributed by atoms with van der Waals surface area (Å²) in [4.78, 5) is 23.1. The third-order valence-corrected chi connectivity index (χ3v) is 2.87. The van der Waals surface area contributed by atoms with Crippen LogP contribution in [0.15, 0.2) is 5.10 Å². The maximum Gasteiger partial charge on any atom is 0.428 e. The number of carbonyl (C=O) groups excluding carboxylic acids is 2. The predicted octanol–water partition coefficient (Wildman–Crippen LogP) is 2.34. The number of nitrogens with zero attached hydrogens (tertiary/aromatic N) is 1. The van der Waals surface area contributed by atoms with Crippen molar-refractivity contribution in [2.24, 2.45) is 5.10 Å². The molecule has 0 spiro atoms. The minimum atomic E-state index is -0.618. The van der Waals surface area contributed by atoms with Crippen LogP contribution in [0.4, 0.5) is 4.79 Å². The van der Waals surface area contributed by atoms with Gasteiger partial charge in [-0.05, 0) is 40.5 Å². The zero-order valence-corrected chi connectivity index (χ0v) is 12.8. The number of hydrazone groups is 1. The summed E-state index contributed by atoms with van der Waals surface area (Å²) in [6.07, 6.45) is 4.03. The van der Waals surface area contributed by atoms with Gasteiger partial charge in [0.25, 0.3) is 0 Å². The van der Waals surface area contributed by atoms with Gasteiger partial charge in [0.05, 0.1) is 6.42 Å². The Bertz CT molecular complexity index is 380. The van der Waals surface area contributed by atoms with E-state index >= 15 is 0 Å². The van der Waals surface area contributed by atoms with Crippen molar-refractivity contribution in [3.05, 3.63) is 0 Å². The van der Waals surface area contributed by atoms with Gasteiger partial charge in [-0.2, -0.15) is 5.10 Å². The lowest BCUT2D eigenvalue weighted by Gasteiger charge is -2.18. The third-order valence-electron chi connectivity index (χ3n) is 2.87. The van der Waals surface area contributed by atoms with Gasteiger partial charge < -0.3 is 10.1 Å². The number of nitrogens with one attached hydrogen (secondary N) is 2. The summed E-state index contributed by atoms with van der Waals surface area (Å²) in [5.41, 5.74) is 2.27. The Labute approximate surface area is 120 Å². The van der Waals surface area contributed by atoms with Gasteiger partial charge in [-0.1, -0.05) is 12.8 Å². The first kappa shape index (κ1) is 16.5. The standard InChI is InChI=1S/C14H25N3O3/c1-10(16-17-13(19)20-14(2,3)4)9-12(18)15-11-7-5-6-8-11/h11H,5-9H2,1-4H3,(H,15,18)(H,17,19). The van der Waals surface area contributed by atoms with Crippen LogP contribution in [0.1, 0.15) is 59.8 Å². The number of amides is 2. The number of ether oxygens (including phenoxy) is 1. The third kappa shape index (κ3) is 7.11. The summed E-state index contributed by atoms with van der Waals surface area (Å²) in [5.74, 6) is -0.0517. The maximum absolute atomic E-state index is 11.7. The molecule has 2 N–H and O–H groups in total. The lowest BCUT2D eigenvalue weighted by molar-refractivity contribution is -0.120. The molecule has 0 aromatic rings. The van der Waals surface area contributed by atoms with Crippen molar-refractivity contribution in [1.82, 2.24) is 10.7 Å². The van der Waals surface area contributed by atoms with Crippen LogP contribution in [0.25, 0.3) is 0 Å². The summed E-state index contributed by atoms with van der Waals surface area (Å²) in [6, 6.07) is 0.300. The molecule has 1 fully saturated rings. The molecule has 0 aromatic carbocycles. The Morgan fingerprint density at radius 3 is 2.40 bits per heavy atom. The largest absolute Gasteiger partial charge is 0.443 e. The second kappa shape index (κ2) is 7.26. The highest BCUT2D eigenvalue weighted by Crippen LogP contribution is 2.17. The van der Waals surface area contributed by atoms with Crippen LogP contribution in [0.2, 0.25) is 0 Å². The molecule has 1 rings (SSSR count). The van der Waals surface area contributed by atoms with Gasteiger partial charge in [0.2, 0.25) is 5.91 Å². The monoisotopic (exact) mass is 283 g/mol. The molecule has 1 aliphatic rings. The summed E-state index contributed by atoms with van der Waals surface area (Å²) < 4.78 is 5.04. The Hall–Kier alpha value is -1.59. The van der Waals surface area contributed by atoms with E-state index in [0.29, 0.717) is 11.8 Å². The normalized spacial score (nSPS) is 16.9. The smallest absolute Gasteiger partial charge is 0.428 e. The fourth-order valence-electron chi connectivity index (χ4n) is 2.06. The molecule has 2 amide bonds. The highest BCUT2D eigenvalue weighted by Gasteiger charge is 2.18. The zero-order valence-electron chi connectivity index (χ0n) is 12.8. The highest BCUT2D eigenvalue weighted by molar-refractivity contribution is 6.00. The van der Waals surface area contributed by atoms with Gasteiger partial charge in [0.15, 0.2) is 0 Å². The summed E-state index contributed by atoms with van der Waals surface area (Å²) in [5, 5.41) is 6.83. The van der Waals surface area contributed by atoms with E-state index in [1.165, 1.54) is 12.8 Å². The van der Waals surface area contributed by atoms with Crippen molar-refractivity contribution in [3.8, 4) is 0 Å².